The van der Waals surface area contributed by atoms with Gasteiger partial charge in [0.05, 0.1) is 0 Å². The third-order valence-electron chi connectivity index (χ3n) is 5.17. The fourth-order valence-electron chi connectivity index (χ4n) is 3.77. The highest BCUT2D eigenvalue weighted by Gasteiger charge is 2.25. The van der Waals surface area contributed by atoms with Crippen LogP contribution in [0.25, 0.3) is 11.0 Å². The Bertz CT molecular complexity index is 994. The molecule has 0 aliphatic carbocycles. The normalized spacial score (nSPS) is 14.0. The molecule has 162 valence electrons. The Kier molecular flexibility index (Phi) is 9.05. The van der Waals surface area contributed by atoms with Gasteiger partial charge in [-0.25, -0.2) is 4.98 Å². The van der Waals surface area contributed by atoms with Gasteiger partial charge in [0.15, 0.2) is 0 Å². The van der Waals surface area contributed by atoms with Crippen LogP contribution >= 0.6 is 24.8 Å². The van der Waals surface area contributed by atoms with Crippen molar-refractivity contribution < 1.29 is 5.11 Å². The van der Waals surface area contributed by atoms with Crippen molar-refractivity contribution in [1.29, 1.82) is 0 Å². The predicted molar refractivity (Wildman–Crippen MR) is 124 cm³/mol. The molecule has 0 atom stereocenters. The lowest BCUT2D eigenvalue weighted by atomic mass is 10.0. The van der Waals surface area contributed by atoms with Crippen LogP contribution in [0, 0.1) is 0 Å². The zero-order chi connectivity index (χ0) is 19.3. The van der Waals surface area contributed by atoms with Crippen molar-refractivity contribution in [2.45, 2.75) is 31.8 Å². The third-order valence-corrected chi connectivity index (χ3v) is 5.17. The Morgan fingerprint density at radius 1 is 1.10 bits per heavy atom. The van der Waals surface area contributed by atoms with Gasteiger partial charge in [-0.2, -0.15) is 4.98 Å². The van der Waals surface area contributed by atoms with E-state index in [-0.39, 0.29) is 37.0 Å². The molecule has 1 aromatic carbocycles. The van der Waals surface area contributed by atoms with Crippen LogP contribution in [-0.2, 0) is 6.54 Å². The smallest absolute Gasteiger partial charge is 0.252 e. The zero-order valence-electron chi connectivity index (χ0n) is 16.6. The Hall–Kier alpha value is -2.19. The molecule has 7 nitrogen and oxygen atoms in total. The zero-order valence-corrected chi connectivity index (χ0v) is 18.2. The molecule has 2 N–H and O–H groups in total. The van der Waals surface area contributed by atoms with Crippen molar-refractivity contribution in [2.24, 2.45) is 0 Å². The van der Waals surface area contributed by atoms with E-state index >= 15 is 0 Å². The van der Waals surface area contributed by atoms with Crippen molar-refractivity contribution in [1.82, 2.24) is 19.9 Å². The number of anilines is 2. The summed E-state index contributed by atoms with van der Waals surface area (Å²) in [7, 11) is 0. The molecule has 9 heteroatoms. The summed E-state index contributed by atoms with van der Waals surface area (Å²) in [6.07, 6.45) is 4.30. The van der Waals surface area contributed by atoms with Gasteiger partial charge >= 0.3 is 0 Å². The maximum Gasteiger partial charge on any atom is 0.252 e. The van der Waals surface area contributed by atoms with E-state index in [1.54, 1.807) is 16.8 Å². The molecule has 1 saturated heterocycles. The quantitative estimate of drug-likeness (QED) is 0.599. The monoisotopic (exact) mass is 451 g/mol. The molecule has 1 fully saturated rings. The number of aliphatic hydroxyl groups excluding tert-OH is 1. The topological polar surface area (TPSA) is 83.3 Å². The van der Waals surface area contributed by atoms with Crippen LogP contribution in [0.5, 0.6) is 0 Å². The van der Waals surface area contributed by atoms with Crippen molar-refractivity contribution in [3.05, 3.63) is 59.0 Å². The standard InChI is InChI=1S/C21H25N5O2.2ClH/c27-14-4-13-25-19(28)8-7-16-15-23-21(24-20(16)25)26(17-5-2-1-3-6-17)18-9-11-22-12-10-18;;/h1-3,5-8,15,18,22,27H,4,9-14H2;2*1H. The number of para-hydroxylation sites is 1. The fraction of sp³-hybridized carbons (Fsp3) is 0.381. The Morgan fingerprint density at radius 2 is 1.83 bits per heavy atom. The average Bonchev–Trinajstić information content (AvgIpc) is 2.75. The highest BCUT2D eigenvalue weighted by Crippen LogP contribution is 2.29. The average molecular weight is 452 g/mol. The van der Waals surface area contributed by atoms with Gasteiger partial charge in [-0.3, -0.25) is 9.36 Å². The Labute approximate surface area is 188 Å². The number of aliphatic hydroxyl groups is 1. The number of hydrogen-bond donors (Lipinski definition) is 2. The van der Waals surface area contributed by atoms with Crippen molar-refractivity contribution in [2.75, 3.05) is 24.6 Å². The van der Waals surface area contributed by atoms with Gasteiger partial charge in [0.1, 0.15) is 5.65 Å². The molecule has 0 bridgehead atoms. The number of aromatic nitrogens is 3. The number of nitrogens with one attached hydrogen (secondary N) is 1. The molecular formula is C21H27Cl2N5O2. The fourth-order valence-corrected chi connectivity index (χ4v) is 3.77. The lowest BCUT2D eigenvalue weighted by Gasteiger charge is -2.34. The highest BCUT2D eigenvalue weighted by atomic mass is 35.5. The minimum Gasteiger partial charge on any atom is -0.396 e. The van der Waals surface area contributed by atoms with Crippen molar-refractivity contribution in [3.8, 4) is 0 Å². The van der Waals surface area contributed by atoms with E-state index in [4.69, 9.17) is 4.98 Å². The first-order chi connectivity index (χ1) is 13.8. The summed E-state index contributed by atoms with van der Waals surface area (Å²) in [6.45, 7) is 2.39. The summed E-state index contributed by atoms with van der Waals surface area (Å²) >= 11 is 0. The van der Waals surface area contributed by atoms with Crippen LogP contribution in [0.3, 0.4) is 0 Å². The SMILES string of the molecule is Cl.Cl.O=c1ccc2cnc(N(c3ccccc3)C3CCNCC3)nc2n1CCCO. The predicted octanol–water partition coefficient (Wildman–Crippen LogP) is 2.91. The van der Waals surface area contributed by atoms with Gasteiger partial charge < -0.3 is 15.3 Å². The van der Waals surface area contributed by atoms with Crippen LogP contribution < -0.4 is 15.8 Å². The van der Waals surface area contributed by atoms with Crippen LogP contribution in [0.15, 0.2) is 53.5 Å². The maximum absolute atomic E-state index is 12.4. The molecule has 0 spiro atoms. The van der Waals surface area contributed by atoms with E-state index in [1.807, 2.05) is 18.2 Å². The van der Waals surface area contributed by atoms with Crippen LogP contribution in [0.1, 0.15) is 19.3 Å². The first kappa shape index (κ1) is 24.1. The minimum atomic E-state index is -0.112. The van der Waals surface area contributed by atoms with Gasteiger partial charge in [-0.15, -0.1) is 24.8 Å². The van der Waals surface area contributed by atoms with E-state index in [0.29, 0.717) is 30.6 Å². The minimum absolute atomic E-state index is 0. The molecule has 3 aromatic rings. The van der Waals surface area contributed by atoms with Gasteiger partial charge in [-0.1, -0.05) is 18.2 Å². The Balaban J connectivity index is 0.00000160. The van der Waals surface area contributed by atoms with Gasteiger partial charge in [-0.05, 0) is 50.6 Å². The van der Waals surface area contributed by atoms with E-state index in [0.717, 1.165) is 37.0 Å². The molecule has 0 radical (unpaired) electrons. The first-order valence-corrected chi connectivity index (χ1v) is 9.80. The second kappa shape index (κ2) is 11.3. The van der Waals surface area contributed by atoms with E-state index in [2.05, 4.69) is 27.3 Å². The van der Waals surface area contributed by atoms with Crippen molar-refractivity contribution in [3.63, 3.8) is 0 Å². The number of halogens is 2. The largest absolute Gasteiger partial charge is 0.396 e. The van der Waals surface area contributed by atoms with Gasteiger partial charge in [0.2, 0.25) is 5.95 Å². The molecule has 0 unspecified atom stereocenters. The third kappa shape index (κ3) is 5.10. The number of nitrogens with zero attached hydrogens (tertiary/aromatic N) is 4. The lowest BCUT2D eigenvalue weighted by Crippen LogP contribution is -2.41. The van der Waals surface area contributed by atoms with E-state index < -0.39 is 0 Å². The summed E-state index contributed by atoms with van der Waals surface area (Å²) in [5, 5.41) is 13.4. The van der Waals surface area contributed by atoms with Gasteiger partial charge in [0.25, 0.3) is 5.56 Å². The van der Waals surface area contributed by atoms with Crippen LogP contribution in [0.4, 0.5) is 11.6 Å². The second-order valence-corrected chi connectivity index (χ2v) is 7.04. The van der Waals surface area contributed by atoms with E-state index in [1.165, 1.54) is 6.07 Å². The molecule has 2 aromatic heterocycles. The number of aryl methyl sites for hydroxylation is 1. The lowest BCUT2D eigenvalue weighted by molar-refractivity contribution is 0.280. The molecule has 0 saturated carbocycles. The summed E-state index contributed by atoms with van der Waals surface area (Å²) in [6, 6.07) is 13.8. The molecule has 3 heterocycles. The molecule has 30 heavy (non-hydrogen) atoms. The second-order valence-electron chi connectivity index (χ2n) is 7.04. The maximum atomic E-state index is 12.4. The summed E-state index contributed by atoms with van der Waals surface area (Å²) < 4.78 is 1.63. The summed E-state index contributed by atoms with van der Waals surface area (Å²) in [4.78, 5) is 24.0. The number of pyridine rings is 1. The number of hydrogen-bond acceptors (Lipinski definition) is 6. The van der Waals surface area contributed by atoms with E-state index in [9.17, 15) is 9.90 Å². The summed E-state index contributed by atoms with van der Waals surface area (Å²) in [5.41, 5.74) is 1.55. The highest BCUT2D eigenvalue weighted by molar-refractivity contribution is 5.85. The van der Waals surface area contributed by atoms with Crippen molar-refractivity contribution >= 4 is 47.5 Å². The summed E-state index contributed by atoms with van der Waals surface area (Å²) in [5.74, 6) is 0.606. The Morgan fingerprint density at radius 3 is 2.53 bits per heavy atom. The number of benzene rings is 1. The number of rotatable bonds is 6. The molecule has 4 rings (SSSR count). The number of fused-ring (bicyclic) bond motifs is 1. The van der Waals surface area contributed by atoms with Gasteiger partial charge in [0, 0.05) is 42.5 Å². The van der Waals surface area contributed by atoms with Crippen LogP contribution in [-0.4, -0.2) is 45.4 Å². The molecule has 0 amide bonds. The first-order valence-electron chi connectivity index (χ1n) is 9.80. The van der Waals surface area contributed by atoms with Crippen LogP contribution in [0.2, 0.25) is 0 Å². The molecule has 1 aliphatic heterocycles. The molecular weight excluding hydrogens is 425 g/mol. The molecule has 1 aliphatic rings. The number of piperidine rings is 1.